The Morgan fingerprint density at radius 2 is 1.60 bits per heavy atom. The van der Waals surface area contributed by atoms with Gasteiger partial charge in [-0.15, -0.1) is 11.8 Å². The summed E-state index contributed by atoms with van der Waals surface area (Å²) >= 11 is 1.42. The molecule has 2 aromatic rings. The molecule has 0 unspecified atom stereocenters. The minimum Gasteiger partial charge on any atom is -0.207 e. The van der Waals surface area contributed by atoms with E-state index in [1.165, 1.54) is 23.4 Å². The third-order valence-electron chi connectivity index (χ3n) is 2.75. The molecule has 0 nitrogen and oxygen atoms in total. The Morgan fingerprint density at radius 1 is 1.00 bits per heavy atom. The molecule has 0 heterocycles. The maximum atomic E-state index is 13.4. The smallest absolute Gasteiger partial charge is 0.136 e. The number of hydrogen-bond donors (Lipinski definition) is 0. The standard InChI is InChI=1S/C16H13F3S/c1-11-2-4-12(5-3-11)10-20-7-6-14-15(18)8-13(17)9-16(14)19/h2-9H,10H2,1H3/b7-6-. The fourth-order valence-corrected chi connectivity index (χ4v) is 2.37. The Kier molecular flexibility index (Phi) is 4.90. The van der Waals surface area contributed by atoms with Crippen LogP contribution in [0, 0.1) is 24.4 Å². The molecule has 0 fully saturated rings. The van der Waals surface area contributed by atoms with Crippen LogP contribution in [0.2, 0.25) is 0 Å². The van der Waals surface area contributed by atoms with E-state index in [2.05, 4.69) is 0 Å². The normalized spacial score (nSPS) is 11.2. The average molecular weight is 294 g/mol. The van der Waals surface area contributed by atoms with Crippen molar-refractivity contribution in [3.05, 3.63) is 75.9 Å². The average Bonchev–Trinajstić information content (AvgIpc) is 2.39. The number of rotatable bonds is 4. The summed E-state index contributed by atoms with van der Waals surface area (Å²) < 4.78 is 39.5. The Hall–Kier alpha value is -1.68. The first-order valence-corrected chi connectivity index (χ1v) is 7.09. The fraction of sp³-hybridized carbons (Fsp3) is 0.125. The van der Waals surface area contributed by atoms with Gasteiger partial charge in [0.25, 0.3) is 0 Å². The van der Waals surface area contributed by atoms with Gasteiger partial charge < -0.3 is 0 Å². The van der Waals surface area contributed by atoms with Gasteiger partial charge in [0.1, 0.15) is 17.5 Å². The van der Waals surface area contributed by atoms with Gasteiger partial charge in [-0.2, -0.15) is 0 Å². The van der Waals surface area contributed by atoms with E-state index in [0.29, 0.717) is 17.9 Å². The van der Waals surface area contributed by atoms with Crippen LogP contribution in [-0.4, -0.2) is 0 Å². The second-order valence-corrected chi connectivity index (χ2v) is 5.28. The van der Waals surface area contributed by atoms with Crippen molar-refractivity contribution in [3.8, 4) is 0 Å². The van der Waals surface area contributed by atoms with E-state index in [1.54, 1.807) is 5.41 Å². The zero-order valence-corrected chi connectivity index (χ0v) is 11.7. The summed E-state index contributed by atoms with van der Waals surface area (Å²) in [5.41, 5.74) is 2.10. The van der Waals surface area contributed by atoms with Crippen LogP contribution < -0.4 is 0 Å². The zero-order chi connectivity index (χ0) is 14.5. The van der Waals surface area contributed by atoms with Gasteiger partial charge in [0.05, 0.1) is 0 Å². The summed E-state index contributed by atoms with van der Waals surface area (Å²) in [5.74, 6) is -1.99. The van der Waals surface area contributed by atoms with E-state index in [9.17, 15) is 13.2 Å². The molecule has 104 valence electrons. The van der Waals surface area contributed by atoms with Crippen molar-refractivity contribution < 1.29 is 13.2 Å². The van der Waals surface area contributed by atoms with Gasteiger partial charge in [0, 0.05) is 23.4 Å². The molecule has 0 aliphatic heterocycles. The van der Waals surface area contributed by atoms with Crippen molar-refractivity contribution in [3.63, 3.8) is 0 Å². The molecule has 0 bridgehead atoms. The molecule has 0 aromatic heterocycles. The summed E-state index contributed by atoms with van der Waals surface area (Å²) in [6.45, 7) is 2.01. The molecule has 0 aliphatic carbocycles. The van der Waals surface area contributed by atoms with Gasteiger partial charge in [-0.3, -0.25) is 0 Å². The monoisotopic (exact) mass is 294 g/mol. The van der Waals surface area contributed by atoms with Gasteiger partial charge >= 0.3 is 0 Å². The predicted molar refractivity (Wildman–Crippen MR) is 77.8 cm³/mol. The summed E-state index contributed by atoms with van der Waals surface area (Å²) in [5, 5.41) is 1.61. The summed E-state index contributed by atoms with van der Waals surface area (Å²) in [7, 11) is 0. The first-order chi connectivity index (χ1) is 9.56. The number of halogens is 3. The van der Waals surface area contributed by atoms with Crippen LogP contribution in [0.25, 0.3) is 6.08 Å². The second-order valence-electron chi connectivity index (χ2n) is 4.38. The lowest BCUT2D eigenvalue weighted by Crippen LogP contribution is -1.90. The molecule has 0 spiro atoms. The summed E-state index contributed by atoms with van der Waals surface area (Å²) in [6.07, 6.45) is 1.32. The molecule has 0 aliphatic rings. The Bertz CT molecular complexity index is 595. The molecule has 0 N–H and O–H groups in total. The van der Waals surface area contributed by atoms with Gasteiger partial charge in [-0.05, 0) is 24.0 Å². The number of benzene rings is 2. The number of aryl methyl sites for hydroxylation is 1. The van der Waals surface area contributed by atoms with Crippen molar-refractivity contribution >= 4 is 17.8 Å². The third kappa shape index (κ3) is 3.90. The van der Waals surface area contributed by atoms with Crippen LogP contribution >= 0.6 is 11.8 Å². The van der Waals surface area contributed by atoms with Crippen LogP contribution in [0.1, 0.15) is 16.7 Å². The van der Waals surface area contributed by atoms with Crippen LogP contribution in [0.15, 0.2) is 41.8 Å². The highest BCUT2D eigenvalue weighted by Gasteiger charge is 2.08. The number of hydrogen-bond acceptors (Lipinski definition) is 1. The maximum Gasteiger partial charge on any atom is 0.136 e. The van der Waals surface area contributed by atoms with Gasteiger partial charge in [-0.1, -0.05) is 29.8 Å². The van der Waals surface area contributed by atoms with E-state index < -0.39 is 17.5 Å². The molecule has 4 heteroatoms. The van der Waals surface area contributed by atoms with Gasteiger partial charge in [-0.25, -0.2) is 13.2 Å². The minimum absolute atomic E-state index is 0.220. The molecule has 2 rings (SSSR count). The Balaban J connectivity index is 1.99. The lowest BCUT2D eigenvalue weighted by molar-refractivity contribution is 0.540. The van der Waals surface area contributed by atoms with Gasteiger partial charge in [0.2, 0.25) is 0 Å². The van der Waals surface area contributed by atoms with Crippen molar-refractivity contribution in [1.29, 1.82) is 0 Å². The zero-order valence-electron chi connectivity index (χ0n) is 10.9. The first-order valence-electron chi connectivity index (χ1n) is 6.04. The lowest BCUT2D eigenvalue weighted by atomic mass is 10.2. The predicted octanol–water partition coefficient (Wildman–Crippen LogP) is 5.32. The van der Waals surface area contributed by atoms with Crippen molar-refractivity contribution in [2.75, 3.05) is 0 Å². The Morgan fingerprint density at radius 3 is 2.20 bits per heavy atom. The van der Waals surface area contributed by atoms with E-state index >= 15 is 0 Å². The Labute approximate surface area is 120 Å². The highest BCUT2D eigenvalue weighted by atomic mass is 32.2. The molecule has 0 atom stereocenters. The minimum atomic E-state index is -0.913. The molecule has 0 saturated heterocycles. The highest BCUT2D eigenvalue weighted by Crippen LogP contribution is 2.20. The molecule has 0 saturated carbocycles. The quantitative estimate of drug-likeness (QED) is 0.735. The maximum absolute atomic E-state index is 13.4. The highest BCUT2D eigenvalue weighted by molar-refractivity contribution is 8.01. The van der Waals surface area contributed by atoms with Crippen molar-refractivity contribution in [2.24, 2.45) is 0 Å². The SMILES string of the molecule is Cc1ccc(CS/C=C\c2c(F)cc(F)cc2F)cc1. The first kappa shape index (κ1) is 14.7. The molecular formula is C16H13F3S. The third-order valence-corrected chi connectivity index (χ3v) is 3.57. The van der Waals surface area contributed by atoms with Crippen molar-refractivity contribution in [1.82, 2.24) is 0 Å². The van der Waals surface area contributed by atoms with E-state index in [4.69, 9.17) is 0 Å². The molecule has 20 heavy (non-hydrogen) atoms. The summed E-state index contributed by atoms with van der Waals surface area (Å²) in [6, 6.07) is 9.39. The topological polar surface area (TPSA) is 0 Å². The molecule has 2 aromatic carbocycles. The molecule has 0 amide bonds. The fourth-order valence-electron chi connectivity index (χ4n) is 1.66. The lowest BCUT2D eigenvalue weighted by Gasteiger charge is -2.01. The largest absolute Gasteiger partial charge is 0.207 e. The number of thioether (sulfide) groups is 1. The van der Waals surface area contributed by atoms with Crippen molar-refractivity contribution in [2.45, 2.75) is 12.7 Å². The van der Waals surface area contributed by atoms with E-state index in [-0.39, 0.29) is 5.56 Å². The van der Waals surface area contributed by atoms with Crippen LogP contribution in [0.4, 0.5) is 13.2 Å². The van der Waals surface area contributed by atoms with Gasteiger partial charge in [0.15, 0.2) is 0 Å². The van der Waals surface area contributed by atoms with E-state index in [1.807, 2.05) is 31.2 Å². The van der Waals surface area contributed by atoms with Crippen LogP contribution in [0.5, 0.6) is 0 Å². The van der Waals surface area contributed by atoms with Crippen LogP contribution in [0.3, 0.4) is 0 Å². The molecule has 0 radical (unpaired) electrons. The second kappa shape index (κ2) is 6.66. The molecular weight excluding hydrogens is 281 g/mol. The summed E-state index contributed by atoms with van der Waals surface area (Å²) in [4.78, 5) is 0. The van der Waals surface area contributed by atoms with E-state index in [0.717, 1.165) is 5.56 Å². The van der Waals surface area contributed by atoms with Crippen LogP contribution in [-0.2, 0) is 5.75 Å².